The number of hydrogen-bond acceptors (Lipinski definition) is 3. The van der Waals surface area contributed by atoms with Gasteiger partial charge in [-0.3, -0.25) is 0 Å². The summed E-state index contributed by atoms with van der Waals surface area (Å²) in [6, 6.07) is 8.88. The molecule has 0 aliphatic carbocycles. The Kier molecular flexibility index (Phi) is 3.84. The Balaban J connectivity index is 2.23. The summed E-state index contributed by atoms with van der Waals surface area (Å²) in [5.74, 6) is 1.13. The first-order valence-electron chi connectivity index (χ1n) is 5.64. The molecule has 1 N–H and O–H groups in total. The molecule has 0 aliphatic rings. The van der Waals surface area contributed by atoms with Crippen molar-refractivity contribution in [3.63, 3.8) is 0 Å². The predicted molar refractivity (Wildman–Crippen MR) is 71.1 cm³/mol. The summed E-state index contributed by atoms with van der Waals surface area (Å²) in [5.41, 5.74) is 1.71. The minimum Gasteiger partial charge on any atom is -0.439 e. The molecule has 0 amide bonds. The summed E-state index contributed by atoms with van der Waals surface area (Å²) >= 11 is 5.95. The van der Waals surface area contributed by atoms with E-state index in [0.717, 1.165) is 11.1 Å². The molecule has 0 unspecified atom stereocenters. The number of halogens is 1. The fourth-order valence-electron chi connectivity index (χ4n) is 1.54. The third kappa shape index (κ3) is 3.00. The molecule has 0 aliphatic heterocycles. The number of benzene rings is 1. The third-order valence-corrected chi connectivity index (χ3v) is 3.02. The van der Waals surface area contributed by atoms with Gasteiger partial charge in [-0.15, -0.1) is 0 Å². The molecule has 1 heterocycles. The number of aliphatic hydroxyl groups excluding tert-OH is 1. The van der Waals surface area contributed by atoms with Crippen LogP contribution in [0.4, 0.5) is 0 Å². The van der Waals surface area contributed by atoms with Crippen molar-refractivity contribution in [1.82, 2.24) is 4.98 Å². The Bertz CT molecular complexity index is 555. The number of nitrogens with zero attached hydrogens (tertiary/aromatic N) is 1. The van der Waals surface area contributed by atoms with E-state index < -0.39 is 6.10 Å². The lowest BCUT2D eigenvalue weighted by atomic mass is 10.2. The van der Waals surface area contributed by atoms with Crippen LogP contribution in [0, 0.1) is 6.92 Å². The second-order valence-corrected chi connectivity index (χ2v) is 4.52. The molecule has 0 saturated heterocycles. The van der Waals surface area contributed by atoms with Crippen LogP contribution in [0.3, 0.4) is 0 Å². The Morgan fingerprint density at radius 3 is 2.72 bits per heavy atom. The first-order chi connectivity index (χ1) is 8.56. The first kappa shape index (κ1) is 12.9. The van der Waals surface area contributed by atoms with Crippen LogP contribution in [0.25, 0.3) is 0 Å². The van der Waals surface area contributed by atoms with Gasteiger partial charge in [-0.2, -0.15) is 0 Å². The van der Waals surface area contributed by atoms with Crippen molar-refractivity contribution < 1.29 is 9.84 Å². The Morgan fingerprint density at radius 1 is 1.28 bits per heavy atom. The zero-order valence-corrected chi connectivity index (χ0v) is 11.0. The largest absolute Gasteiger partial charge is 0.439 e. The normalized spacial score (nSPS) is 12.2. The highest BCUT2D eigenvalue weighted by Gasteiger charge is 2.05. The fraction of sp³-hybridized carbons (Fsp3) is 0.214. The molecule has 94 valence electrons. The molecule has 1 aromatic carbocycles. The van der Waals surface area contributed by atoms with E-state index in [1.807, 2.05) is 13.0 Å². The zero-order valence-electron chi connectivity index (χ0n) is 10.2. The van der Waals surface area contributed by atoms with Crippen LogP contribution in [0.5, 0.6) is 11.6 Å². The van der Waals surface area contributed by atoms with E-state index in [0.29, 0.717) is 16.7 Å². The summed E-state index contributed by atoms with van der Waals surface area (Å²) in [6.45, 7) is 3.61. The van der Waals surface area contributed by atoms with Crippen LogP contribution in [-0.4, -0.2) is 10.1 Å². The first-order valence-corrected chi connectivity index (χ1v) is 6.02. The third-order valence-electron chi connectivity index (χ3n) is 2.59. The molecule has 0 saturated carbocycles. The molecular weight excluding hydrogens is 250 g/mol. The topological polar surface area (TPSA) is 42.4 Å². The van der Waals surface area contributed by atoms with Crippen LogP contribution >= 0.6 is 11.6 Å². The van der Waals surface area contributed by atoms with Gasteiger partial charge in [-0.05, 0) is 49.2 Å². The van der Waals surface area contributed by atoms with Gasteiger partial charge in [-0.25, -0.2) is 4.98 Å². The summed E-state index contributed by atoms with van der Waals surface area (Å²) in [6.07, 6.45) is 1.07. The van der Waals surface area contributed by atoms with Crippen molar-refractivity contribution in [3.8, 4) is 11.6 Å². The number of rotatable bonds is 3. The van der Waals surface area contributed by atoms with Crippen molar-refractivity contribution in [2.24, 2.45) is 0 Å². The van der Waals surface area contributed by atoms with E-state index in [1.165, 1.54) is 0 Å². The SMILES string of the molecule is Cc1cc(Oc2cc([C@H](C)O)ccn2)ccc1Cl. The summed E-state index contributed by atoms with van der Waals surface area (Å²) < 4.78 is 5.62. The van der Waals surface area contributed by atoms with Gasteiger partial charge in [0.1, 0.15) is 5.75 Å². The van der Waals surface area contributed by atoms with Gasteiger partial charge in [0, 0.05) is 17.3 Å². The molecule has 18 heavy (non-hydrogen) atoms. The lowest BCUT2D eigenvalue weighted by Crippen LogP contribution is -1.94. The van der Waals surface area contributed by atoms with Crippen molar-refractivity contribution in [1.29, 1.82) is 0 Å². The standard InChI is InChI=1S/C14H14ClNO2/c1-9-7-12(3-4-13(9)15)18-14-8-11(10(2)17)5-6-16-14/h3-8,10,17H,1-2H3/t10-/m0/s1. The fourth-order valence-corrected chi connectivity index (χ4v) is 1.66. The van der Waals surface area contributed by atoms with E-state index in [9.17, 15) is 5.11 Å². The number of aryl methyl sites for hydroxylation is 1. The van der Waals surface area contributed by atoms with Gasteiger partial charge in [0.05, 0.1) is 6.10 Å². The van der Waals surface area contributed by atoms with Crippen LogP contribution in [0.1, 0.15) is 24.2 Å². The van der Waals surface area contributed by atoms with Gasteiger partial charge < -0.3 is 9.84 Å². The van der Waals surface area contributed by atoms with Crippen molar-refractivity contribution in [2.75, 3.05) is 0 Å². The van der Waals surface area contributed by atoms with Crippen LogP contribution in [0.2, 0.25) is 5.02 Å². The molecule has 2 aromatic rings. The zero-order chi connectivity index (χ0) is 13.1. The van der Waals surface area contributed by atoms with Crippen molar-refractivity contribution in [3.05, 3.63) is 52.7 Å². The minimum absolute atomic E-state index is 0.454. The Morgan fingerprint density at radius 2 is 2.06 bits per heavy atom. The smallest absolute Gasteiger partial charge is 0.219 e. The summed E-state index contributed by atoms with van der Waals surface area (Å²) in [5, 5.41) is 10.2. The molecular formula is C14H14ClNO2. The quantitative estimate of drug-likeness (QED) is 0.914. The number of aromatic nitrogens is 1. The number of hydrogen-bond donors (Lipinski definition) is 1. The van der Waals surface area contributed by atoms with E-state index in [4.69, 9.17) is 16.3 Å². The van der Waals surface area contributed by atoms with Crippen molar-refractivity contribution in [2.45, 2.75) is 20.0 Å². The molecule has 0 bridgehead atoms. The Hall–Kier alpha value is -1.58. The lowest BCUT2D eigenvalue weighted by molar-refractivity contribution is 0.198. The number of ether oxygens (including phenoxy) is 1. The molecule has 3 nitrogen and oxygen atoms in total. The van der Waals surface area contributed by atoms with Crippen LogP contribution < -0.4 is 4.74 Å². The molecule has 0 radical (unpaired) electrons. The maximum atomic E-state index is 9.49. The highest BCUT2D eigenvalue weighted by atomic mass is 35.5. The average Bonchev–Trinajstić information content (AvgIpc) is 2.34. The highest BCUT2D eigenvalue weighted by Crippen LogP contribution is 2.26. The molecule has 1 atom stereocenters. The van der Waals surface area contributed by atoms with E-state index >= 15 is 0 Å². The predicted octanol–water partition coefficient (Wildman–Crippen LogP) is 3.89. The molecule has 1 aromatic heterocycles. The van der Waals surface area contributed by atoms with E-state index in [1.54, 1.807) is 37.4 Å². The van der Waals surface area contributed by atoms with Gasteiger partial charge >= 0.3 is 0 Å². The molecule has 4 heteroatoms. The molecule has 0 fully saturated rings. The number of aliphatic hydroxyl groups is 1. The second kappa shape index (κ2) is 5.38. The minimum atomic E-state index is -0.540. The monoisotopic (exact) mass is 263 g/mol. The Labute approximate surface area is 111 Å². The van der Waals surface area contributed by atoms with E-state index in [-0.39, 0.29) is 0 Å². The van der Waals surface area contributed by atoms with Gasteiger partial charge in [0.2, 0.25) is 5.88 Å². The summed E-state index contributed by atoms with van der Waals surface area (Å²) in [7, 11) is 0. The van der Waals surface area contributed by atoms with E-state index in [2.05, 4.69) is 4.98 Å². The van der Waals surface area contributed by atoms with Gasteiger partial charge in [0.25, 0.3) is 0 Å². The van der Waals surface area contributed by atoms with Gasteiger partial charge in [-0.1, -0.05) is 11.6 Å². The average molecular weight is 264 g/mol. The van der Waals surface area contributed by atoms with Gasteiger partial charge in [0.15, 0.2) is 0 Å². The number of pyridine rings is 1. The molecule has 2 rings (SSSR count). The van der Waals surface area contributed by atoms with Crippen LogP contribution in [-0.2, 0) is 0 Å². The molecule has 0 spiro atoms. The lowest BCUT2D eigenvalue weighted by Gasteiger charge is -2.09. The van der Waals surface area contributed by atoms with Crippen molar-refractivity contribution >= 4 is 11.6 Å². The maximum absolute atomic E-state index is 9.49. The second-order valence-electron chi connectivity index (χ2n) is 4.12. The summed E-state index contributed by atoms with van der Waals surface area (Å²) in [4.78, 5) is 4.10. The van der Waals surface area contributed by atoms with Crippen LogP contribution in [0.15, 0.2) is 36.5 Å². The maximum Gasteiger partial charge on any atom is 0.219 e. The highest BCUT2D eigenvalue weighted by molar-refractivity contribution is 6.31.